The molecule has 2 aromatic rings. The van der Waals surface area contributed by atoms with Gasteiger partial charge in [0.25, 0.3) is 11.6 Å². The molecular weight excluding hydrogens is 410 g/mol. The quantitative estimate of drug-likeness (QED) is 0.521. The van der Waals surface area contributed by atoms with Gasteiger partial charge in [0.15, 0.2) is 0 Å². The lowest BCUT2D eigenvalue weighted by molar-refractivity contribution is -0.384. The third-order valence-electron chi connectivity index (χ3n) is 6.14. The van der Waals surface area contributed by atoms with E-state index in [1.165, 1.54) is 12.1 Å². The number of aryl methyl sites for hydroxylation is 2. The minimum absolute atomic E-state index is 0.0448. The minimum Gasteiger partial charge on any atom is -0.490 e. The molecule has 0 radical (unpaired) electrons. The van der Waals surface area contributed by atoms with Crippen molar-refractivity contribution in [2.45, 2.75) is 32.8 Å². The van der Waals surface area contributed by atoms with Crippen molar-refractivity contribution in [2.24, 2.45) is 0 Å². The summed E-state index contributed by atoms with van der Waals surface area (Å²) in [5.74, 6) is 0.725. The smallest absolute Gasteiger partial charge is 0.270 e. The maximum atomic E-state index is 13.4. The molecular formula is C24H29N3O5. The molecule has 8 nitrogen and oxygen atoms in total. The summed E-state index contributed by atoms with van der Waals surface area (Å²) < 4.78 is 11.6. The van der Waals surface area contributed by atoms with Gasteiger partial charge in [-0.15, -0.1) is 0 Å². The highest BCUT2D eigenvalue weighted by molar-refractivity contribution is 6.00. The van der Waals surface area contributed by atoms with Gasteiger partial charge in [0.2, 0.25) is 0 Å². The Bertz CT molecular complexity index is 995. The molecule has 0 atom stereocenters. The summed E-state index contributed by atoms with van der Waals surface area (Å²) in [5.41, 5.74) is 3.30. The normalized spacial score (nSPS) is 17.3. The highest BCUT2D eigenvalue weighted by Gasteiger charge is 2.29. The van der Waals surface area contributed by atoms with Crippen LogP contribution in [-0.4, -0.2) is 61.2 Å². The highest BCUT2D eigenvalue weighted by Crippen LogP contribution is 2.29. The van der Waals surface area contributed by atoms with E-state index in [4.69, 9.17) is 9.47 Å². The molecule has 0 N–H and O–H groups in total. The average Bonchev–Trinajstić information content (AvgIpc) is 2.81. The molecule has 170 valence electrons. The number of ether oxygens (including phenoxy) is 2. The van der Waals surface area contributed by atoms with E-state index < -0.39 is 4.92 Å². The number of nitrogens with zero attached hydrogens (tertiary/aromatic N) is 3. The number of nitro groups is 1. The second-order valence-corrected chi connectivity index (χ2v) is 8.44. The number of hydrogen-bond donors (Lipinski definition) is 0. The number of non-ortho nitro benzene ring substituents is 1. The molecule has 32 heavy (non-hydrogen) atoms. The van der Waals surface area contributed by atoms with Gasteiger partial charge in [0, 0.05) is 51.2 Å². The molecule has 0 aromatic heterocycles. The zero-order valence-electron chi connectivity index (χ0n) is 18.6. The Morgan fingerprint density at radius 2 is 1.78 bits per heavy atom. The van der Waals surface area contributed by atoms with Crippen LogP contribution in [0.1, 0.15) is 34.3 Å². The summed E-state index contributed by atoms with van der Waals surface area (Å²) in [7, 11) is 0. The second-order valence-electron chi connectivity index (χ2n) is 8.44. The van der Waals surface area contributed by atoms with E-state index in [1.807, 2.05) is 19.9 Å². The van der Waals surface area contributed by atoms with Gasteiger partial charge >= 0.3 is 0 Å². The first-order valence-electron chi connectivity index (χ1n) is 11.1. The Morgan fingerprint density at radius 1 is 1.06 bits per heavy atom. The van der Waals surface area contributed by atoms with Gasteiger partial charge in [-0.3, -0.25) is 14.9 Å². The lowest BCUT2D eigenvalue weighted by Gasteiger charge is -2.34. The first-order chi connectivity index (χ1) is 15.4. The van der Waals surface area contributed by atoms with Gasteiger partial charge in [0.05, 0.1) is 29.4 Å². The average molecular weight is 440 g/mol. The minimum atomic E-state index is -0.454. The monoisotopic (exact) mass is 439 g/mol. The number of benzene rings is 2. The van der Waals surface area contributed by atoms with Crippen molar-refractivity contribution in [3.63, 3.8) is 0 Å². The van der Waals surface area contributed by atoms with Gasteiger partial charge in [-0.25, -0.2) is 0 Å². The topological polar surface area (TPSA) is 85.1 Å². The fourth-order valence-corrected chi connectivity index (χ4v) is 4.25. The summed E-state index contributed by atoms with van der Waals surface area (Å²) in [6, 6.07) is 10.7. The summed E-state index contributed by atoms with van der Waals surface area (Å²) in [5, 5.41) is 11.3. The SMILES string of the molecule is Cc1ccc(C)c(OC2CCN(C(=O)c3cc([N+](=O)[O-])ccc3N3CCOCC3)CC2)c1. The summed E-state index contributed by atoms with van der Waals surface area (Å²) in [4.78, 5) is 28.1. The largest absolute Gasteiger partial charge is 0.490 e. The van der Waals surface area contributed by atoms with Crippen molar-refractivity contribution >= 4 is 17.3 Å². The van der Waals surface area contributed by atoms with Gasteiger partial charge in [-0.05, 0) is 37.1 Å². The van der Waals surface area contributed by atoms with E-state index in [0.29, 0.717) is 45.0 Å². The third-order valence-corrected chi connectivity index (χ3v) is 6.14. The van der Waals surface area contributed by atoms with Crippen LogP contribution < -0.4 is 9.64 Å². The van der Waals surface area contributed by atoms with Crippen LogP contribution in [0.2, 0.25) is 0 Å². The molecule has 2 heterocycles. The van der Waals surface area contributed by atoms with E-state index in [9.17, 15) is 14.9 Å². The number of rotatable bonds is 5. The fraction of sp³-hybridized carbons (Fsp3) is 0.458. The van der Waals surface area contributed by atoms with E-state index in [-0.39, 0.29) is 17.7 Å². The molecule has 0 spiro atoms. The number of carbonyl (C=O) groups excluding carboxylic acids is 1. The lowest BCUT2D eigenvalue weighted by Crippen LogP contribution is -2.43. The number of amides is 1. The van der Waals surface area contributed by atoms with Crippen LogP contribution in [0, 0.1) is 24.0 Å². The molecule has 2 aromatic carbocycles. The van der Waals surface area contributed by atoms with Crippen molar-refractivity contribution in [2.75, 3.05) is 44.3 Å². The maximum Gasteiger partial charge on any atom is 0.270 e. The fourth-order valence-electron chi connectivity index (χ4n) is 4.25. The second kappa shape index (κ2) is 9.56. The molecule has 8 heteroatoms. The molecule has 2 saturated heterocycles. The van der Waals surface area contributed by atoms with Gasteiger partial charge in [-0.2, -0.15) is 0 Å². The summed E-state index contributed by atoms with van der Waals surface area (Å²) >= 11 is 0. The summed E-state index contributed by atoms with van der Waals surface area (Å²) in [6.45, 7) is 7.64. The molecule has 2 aliphatic heterocycles. The van der Waals surface area contributed by atoms with Crippen LogP contribution in [0.4, 0.5) is 11.4 Å². The highest BCUT2D eigenvalue weighted by atomic mass is 16.6. The standard InChI is InChI=1S/C24H29N3O5/c1-17-3-4-18(2)23(15-17)32-20-7-9-26(10-8-20)24(28)21-16-19(27(29)30)5-6-22(21)25-11-13-31-14-12-25/h3-6,15-16,20H,7-14H2,1-2H3. The first-order valence-corrected chi connectivity index (χ1v) is 11.1. The van der Waals surface area contributed by atoms with E-state index in [2.05, 4.69) is 17.0 Å². The third kappa shape index (κ3) is 4.85. The van der Waals surface area contributed by atoms with Crippen LogP contribution in [-0.2, 0) is 4.74 Å². The van der Waals surface area contributed by atoms with Crippen LogP contribution in [0.5, 0.6) is 5.75 Å². The molecule has 4 rings (SSSR count). The zero-order chi connectivity index (χ0) is 22.7. The predicted molar refractivity (Wildman–Crippen MR) is 122 cm³/mol. The van der Waals surface area contributed by atoms with Gasteiger partial charge in [-0.1, -0.05) is 12.1 Å². The van der Waals surface area contributed by atoms with Crippen molar-refractivity contribution in [1.29, 1.82) is 0 Å². The Hall–Kier alpha value is -3.13. The number of anilines is 1. The van der Waals surface area contributed by atoms with Crippen molar-refractivity contribution in [3.8, 4) is 5.75 Å². The Balaban J connectivity index is 1.48. The maximum absolute atomic E-state index is 13.4. The number of hydrogen-bond acceptors (Lipinski definition) is 6. The van der Waals surface area contributed by atoms with Crippen molar-refractivity contribution in [3.05, 3.63) is 63.2 Å². The van der Waals surface area contributed by atoms with Crippen LogP contribution in [0.15, 0.2) is 36.4 Å². The van der Waals surface area contributed by atoms with Crippen molar-refractivity contribution in [1.82, 2.24) is 4.90 Å². The molecule has 0 saturated carbocycles. The molecule has 2 fully saturated rings. The van der Waals surface area contributed by atoms with Gasteiger partial charge < -0.3 is 19.3 Å². The number of morpholine rings is 1. The molecule has 2 aliphatic rings. The Kier molecular flexibility index (Phi) is 6.60. The molecule has 1 amide bonds. The number of nitro benzene ring substituents is 1. The summed E-state index contributed by atoms with van der Waals surface area (Å²) in [6.07, 6.45) is 1.49. The van der Waals surface area contributed by atoms with Crippen LogP contribution >= 0.6 is 0 Å². The van der Waals surface area contributed by atoms with Crippen molar-refractivity contribution < 1.29 is 19.2 Å². The lowest BCUT2D eigenvalue weighted by atomic mass is 10.0. The molecule has 0 aliphatic carbocycles. The first kappa shape index (κ1) is 22.1. The van der Waals surface area contributed by atoms with Crippen LogP contribution in [0.25, 0.3) is 0 Å². The molecule has 0 unspecified atom stereocenters. The van der Waals surface area contributed by atoms with Gasteiger partial charge in [0.1, 0.15) is 11.9 Å². The Labute approximate surface area is 187 Å². The zero-order valence-corrected chi connectivity index (χ0v) is 18.6. The van der Waals surface area contributed by atoms with Crippen LogP contribution in [0.3, 0.4) is 0 Å². The van der Waals surface area contributed by atoms with E-state index >= 15 is 0 Å². The predicted octanol–water partition coefficient (Wildman–Crippen LogP) is 3.73. The number of piperidine rings is 1. The number of carbonyl (C=O) groups is 1. The number of likely N-dealkylation sites (tertiary alicyclic amines) is 1. The molecule has 0 bridgehead atoms. The van der Waals surface area contributed by atoms with E-state index in [1.54, 1.807) is 11.0 Å². The Morgan fingerprint density at radius 3 is 2.47 bits per heavy atom. The van der Waals surface area contributed by atoms with E-state index in [0.717, 1.165) is 35.4 Å².